The Bertz CT molecular complexity index is 524. The Balaban J connectivity index is 1.74. The Morgan fingerprint density at radius 1 is 0.870 bits per heavy atom. The second-order valence-electron chi connectivity index (χ2n) is 7.38. The molecule has 2 saturated carbocycles. The second-order valence-corrected chi connectivity index (χ2v) is 7.38. The van der Waals surface area contributed by atoms with Gasteiger partial charge in [-0.3, -0.25) is 0 Å². The molecule has 0 spiro atoms. The summed E-state index contributed by atoms with van der Waals surface area (Å²) in [5.41, 5.74) is 1.31. The van der Waals surface area contributed by atoms with E-state index in [9.17, 15) is 17.6 Å². The average molecular weight is 328 g/mol. The van der Waals surface area contributed by atoms with Crippen LogP contribution in [0, 0.1) is 11.7 Å². The molecule has 2 aliphatic carbocycles. The molecule has 0 nitrogen and oxygen atoms in total. The molecule has 3 rings (SSSR count). The van der Waals surface area contributed by atoms with Crippen LogP contribution < -0.4 is 0 Å². The van der Waals surface area contributed by atoms with E-state index in [1.807, 2.05) is 6.07 Å². The summed E-state index contributed by atoms with van der Waals surface area (Å²) in [6.07, 6.45) is -1.61. The monoisotopic (exact) mass is 328 g/mol. The van der Waals surface area contributed by atoms with E-state index in [0.717, 1.165) is 37.2 Å². The van der Waals surface area contributed by atoms with Crippen molar-refractivity contribution in [3.05, 3.63) is 35.1 Å². The van der Waals surface area contributed by atoms with Crippen LogP contribution in [0.3, 0.4) is 0 Å². The highest BCUT2D eigenvalue weighted by Gasteiger charge is 2.40. The minimum Gasteiger partial charge on any atom is -0.244 e. The van der Waals surface area contributed by atoms with Gasteiger partial charge < -0.3 is 0 Å². The van der Waals surface area contributed by atoms with E-state index in [1.54, 1.807) is 6.07 Å². The van der Waals surface area contributed by atoms with Gasteiger partial charge in [0.2, 0.25) is 0 Å². The predicted molar refractivity (Wildman–Crippen MR) is 83.4 cm³/mol. The third-order valence-corrected chi connectivity index (χ3v) is 5.66. The molecule has 0 radical (unpaired) electrons. The SMILES string of the molecule is CC1CCC(c2ccc(C3CC(F)C(F)C(F)C3)c(F)c2)CC1. The van der Waals surface area contributed by atoms with Gasteiger partial charge in [0.05, 0.1) is 0 Å². The van der Waals surface area contributed by atoms with Gasteiger partial charge in [-0.15, -0.1) is 0 Å². The zero-order valence-corrected chi connectivity index (χ0v) is 13.5. The van der Waals surface area contributed by atoms with E-state index in [1.165, 1.54) is 6.07 Å². The minimum atomic E-state index is -2.07. The normalized spacial score (nSPS) is 38.5. The van der Waals surface area contributed by atoms with Crippen LogP contribution in [0.2, 0.25) is 0 Å². The number of benzene rings is 1. The number of hydrogen-bond donors (Lipinski definition) is 0. The second kappa shape index (κ2) is 6.82. The first kappa shape index (κ1) is 16.8. The molecule has 2 unspecified atom stereocenters. The Hall–Kier alpha value is -1.06. The summed E-state index contributed by atoms with van der Waals surface area (Å²) in [7, 11) is 0. The van der Waals surface area contributed by atoms with Crippen LogP contribution in [0.4, 0.5) is 17.6 Å². The van der Waals surface area contributed by atoms with Crippen molar-refractivity contribution in [2.45, 2.75) is 75.8 Å². The van der Waals surface area contributed by atoms with Gasteiger partial charge in [-0.05, 0) is 60.6 Å². The largest absolute Gasteiger partial charge is 0.244 e. The Morgan fingerprint density at radius 3 is 2.04 bits per heavy atom. The zero-order valence-electron chi connectivity index (χ0n) is 13.5. The van der Waals surface area contributed by atoms with Crippen LogP contribution in [0.15, 0.2) is 18.2 Å². The molecule has 2 fully saturated rings. The van der Waals surface area contributed by atoms with Gasteiger partial charge in [-0.25, -0.2) is 17.6 Å². The average Bonchev–Trinajstić information content (AvgIpc) is 2.53. The predicted octanol–water partition coefficient (Wildman–Crippen LogP) is 6.01. The van der Waals surface area contributed by atoms with Crippen molar-refractivity contribution in [2.24, 2.45) is 5.92 Å². The standard InChI is InChI=1S/C19H24F4/c1-11-2-4-12(5-3-11)13-6-7-15(16(20)8-13)14-9-17(21)19(23)18(22)10-14/h6-8,11-12,14,17-19H,2-5,9-10H2,1H3. The van der Waals surface area contributed by atoms with Crippen LogP contribution in [0.25, 0.3) is 0 Å². The maximum atomic E-state index is 14.5. The lowest BCUT2D eigenvalue weighted by atomic mass is 9.77. The lowest BCUT2D eigenvalue weighted by Crippen LogP contribution is -2.36. The van der Waals surface area contributed by atoms with Crippen LogP contribution in [0.5, 0.6) is 0 Å². The van der Waals surface area contributed by atoms with Crippen molar-refractivity contribution >= 4 is 0 Å². The quantitative estimate of drug-likeness (QED) is 0.583. The van der Waals surface area contributed by atoms with E-state index >= 15 is 0 Å². The molecule has 23 heavy (non-hydrogen) atoms. The van der Waals surface area contributed by atoms with Crippen molar-refractivity contribution in [1.29, 1.82) is 0 Å². The summed E-state index contributed by atoms with van der Waals surface area (Å²) in [6.45, 7) is 2.24. The molecule has 2 aliphatic rings. The van der Waals surface area contributed by atoms with Crippen LogP contribution in [0.1, 0.15) is 68.4 Å². The maximum Gasteiger partial charge on any atom is 0.162 e. The number of hydrogen-bond acceptors (Lipinski definition) is 0. The molecule has 0 N–H and O–H groups in total. The first-order chi connectivity index (χ1) is 11.0. The summed E-state index contributed by atoms with van der Waals surface area (Å²) in [5, 5.41) is 0. The molecule has 2 atom stereocenters. The first-order valence-corrected chi connectivity index (χ1v) is 8.67. The highest BCUT2D eigenvalue weighted by molar-refractivity contribution is 5.30. The van der Waals surface area contributed by atoms with Crippen molar-refractivity contribution < 1.29 is 17.6 Å². The van der Waals surface area contributed by atoms with Gasteiger partial charge in [0.1, 0.15) is 18.2 Å². The highest BCUT2D eigenvalue weighted by Crippen LogP contribution is 2.40. The number of halogens is 4. The lowest BCUT2D eigenvalue weighted by molar-refractivity contribution is 0.0334. The fourth-order valence-corrected chi connectivity index (χ4v) is 4.10. The highest BCUT2D eigenvalue weighted by atomic mass is 19.2. The third-order valence-electron chi connectivity index (χ3n) is 5.66. The van der Waals surface area contributed by atoms with E-state index in [-0.39, 0.29) is 12.8 Å². The van der Waals surface area contributed by atoms with E-state index < -0.39 is 30.3 Å². The molecule has 128 valence electrons. The minimum absolute atomic E-state index is 0.140. The Labute approximate surface area is 135 Å². The molecule has 0 heterocycles. The van der Waals surface area contributed by atoms with E-state index in [2.05, 4.69) is 6.92 Å². The van der Waals surface area contributed by atoms with Gasteiger partial charge in [0, 0.05) is 0 Å². The van der Waals surface area contributed by atoms with Crippen LogP contribution >= 0.6 is 0 Å². The molecule has 4 heteroatoms. The third kappa shape index (κ3) is 3.56. The summed E-state index contributed by atoms with van der Waals surface area (Å²) in [4.78, 5) is 0. The van der Waals surface area contributed by atoms with E-state index in [0.29, 0.717) is 11.5 Å². The zero-order chi connectivity index (χ0) is 16.6. The topological polar surface area (TPSA) is 0 Å². The molecule has 1 aromatic carbocycles. The summed E-state index contributed by atoms with van der Waals surface area (Å²) >= 11 is 0. The molecular weight excluding hydrogens is 304 g/mol. The van der Waals surface area contributed by atoms with Gasteiger partial charge >= 0.3 is 0 Å². The smallest absolute Gasteiger partial charge is 0.162 e. The van der Waals surface area contributed by atoms with Crippen LogP contribution in [-0.2, 0) is 0 Å². The summed E-state index contributed by atoms with van der Waals surface area (Å²) in [5.74, 6) is 0.128. The van der Waals surface area contributed by atoms with Gasteiger partial charge in [-0.1, -0.05) is 31.9 Å². The fraction of sp³-hybridized carbons (Fsp3) is 0.684. The van der Waals surface area contributed by atoms with Crippen molar-refractivity contribution in [3.63, 3.8) is 0 Å². The molecule has 0 bridgehead atoms. The number of rotatable bonds is 2. The van der Waals surface area contributed by atoms with Crippen molar-refractivity contribution in [3.8, 4) is 0 Å². The van der Waals surface area contributed by atoms with Crippen molar-refractivity contribution in [2.75, 3.05) is 0 Å². The van der Waals surface area contributed by atoms with Gasteiger partial charge in [0.15, 0.2) is 6.17 Å². The molecule has 1 aromatic rings. The molecule has 0 aliphatic heterocycles. The summed E-state index contributed by atoms with van der Waals surface area (Å²) in [6, 6.07) is 5.07. The Morgan fingerprint density at radius 2 is 1.48 bits per heavy atom. The maximum absolute atomic E-state index is 14.5. The van der Waals surface area contributed by atoms with Crippen molar-refractivity contribution in [1.82, 2.24) is 0 Å². The van der Waals surface area contributed by atoms with Gasteiger partial charge in [0.25, 0.3) is 0 Å². The van der Waals surface area contributed by atoms with Crippen LogP contribution in [-0.4, -0.2) is 18.5 Å². The molecule has 0 saturated heterocycles. The van der Waals surface area contributed by atoms with E-state index in [4.69, 9.17) is 0 Å². The molecule has 0 aromatic heterocycles. The molecular formula is C19H24F4. The first-order valence-electron chi connectivity index (χ1n) is 8.67. The van der Waals surface area contributed by atoms with Gasteiger partial charge in [-0.2, -0.15) is 0 Å². The fourth-order valence-electron chi connectivity index (χ4n) is 4.10. The molecule has 0 amide bonds. The Kier molecular flexibility index (Phi) is 4.98. The lowest BCUT2D eigenvalue weighted by Gasteiger charge is -2.31. The number of alkyl halides is 3. The summed E-state index contributed by atoms with van der Waals surface area (Å²) < 4.78 is 54.9.